The van der Waals surface area contributed by atoms with Gasteiger partial charge in [0.1, 0.15) is 0 Å². The number of carbonyl (C=O) groups is 2. The van der Waals surface area contributed by atoms with Gasteiger partial charge in [0.25, 0.3) is 5.69 Å². The summed E-state index contributed by atoms with van der Waals surface area (Å²) in [6, 6.07) is 6.14. The number of urea groups is 1. The van der Waals surface area contributed by atoms with E-state index in [-0.39, 0.29) is 24.7 Å². The Morgan fingerprint density at radius 1 is 1.26 bits per heavy atom. The van der Waals surface area contributed by atoms with E-state index in [0.29, 0.717) is 6.54 Å². The van der Waals surface area contributed by atoms with Gasteiger partial charge >= 0.3 is 12.0 Å². The van der Waals surface area contributed by atoms with Gasteiger partial charge in [0.15, 0.2) is 0 Å². The minimum Gasteiger partial charge on any atom is -0.481 e. The van der Waals surface area contributed by atoms with Gasteiger partial charge < -0.3 is 15.3 Å². The van der Waals surface area contributed by atoms with Gasteiger partial charge in [-0.25, -0.2) is 4.79 Å². The summed E-state index contributed by atoms with van der Waals surface area (Å²) in [4.78, 5) is 33.5. The molecule has 1 aromatic carbocycles. The first-order chi connectivity index (χ1) is 10.9. The fourth-order valence-corrected chi connectivity index (χ4v) is 1.93. The van der Waals surface area contributed by atoms with E-state index in [1.807, 2.05) is 0 Å². The van der Waals surface area contributed by atoms with Crippen molar-refractivity contribution in [1.29, 1.82) is 0 Å². The summed E-state index contributed by atoms with van der Waals surface area (Å²) in [5.74, 6) is -0.937. The van der Waals surface area contributed by atoms with E-state index in [9.17, 15) is 19.7 Å². The summed E-state index contributed by atoms with van der Waals surface area (Å²) in [5, 5.41) is 21.8. The lowest BCUT2D eigenvalue weighted by Crippen LogP contribution is -2.38. The third-order valence-corrected chi connectivity index (χ3v) is 3.32. The predicted molar refractivity (Wildman–Crippen MR) is 84.3 cm³/mol. The fourth-order valence-electron chi connectivity index (χ4n) is 1.93. The van der Waals surface area contributed by atoms with E-state index in [1.165, 1.54) is 17.0 Å². The number of nitrogens with one attached hydrogen (secondary N) is 1. The second-order valence-electron chi connectivity index (χ2n) is 5.18. The van der Waals surface area contributed by atoms with Crippen LogP contribution in [0.25, 0.3) is 0 Å². The first-order valence-corrected chi connectivity index (χ1v) is 7.34. The molecule has 2 N–H and O–H groups in total. The Balaban J connectivity index is 2.18. The van der Waals surface area contributed by atoms with Gasteiger partial charge in [-0.2, -0.15) is 0 Å². The standard InChI is InChI=1S/C15H21N3O5/c1-17(11-9-14(19)20)15(21)16-10-3-2-4-12-5-7-13(8-6-12)18(22)23/h5-8H,2-4,9-11H2,1H3,(H,16,21)(H,19,20). The molecule has 0 aliphatic heterocycles. The van der Waals surface area contributed by atoms with Crippen LogP contribution < -0.4 is 5.32 Å². The molecule has 1 aromatic rings. The van der Waals surface area contributed by atoms with E-state index in [0.717, 1.165) is 24.8 Å². The van der Waals surface area contributed by atoms with Crippen molar-refractivity contribution in [3.63, 3.8) is 0 Å². The molecule has 0 radical (unpaired) electrons. The number of rotatable bonds is 9. The van der Waals surface area contributed by atoms with Crippen molar-refractivity contribution in [2.24, 2.45) is 0 Å². The lowest BCUT2D eigenvalue weighted by Gasteiger charge is -2.16. The lowest BCUT2D eigenvalue weighted by atomic mass is 10.1. The number of unbranched alkanes of at least 4 members (excludes halogenated alkanes) is 1. The Bertz CT molecular complexity index is 545. The minimum atomic E-state index is -0.937. The zero-order chi connectivity index (χ0) is 17.2. The maximum absolute atomic E-state index is 11.6. The summed E-state index contributed by atoms with van der Waals surface area (Å²) in [7, 11) is 1.55. The number of nitro benzene ring substituents is 1. The van der Waals surface area contributed by atoms with Crippen LogP contribution in [0.2, 0.25) is 0 Å². The molecule has 0 unspecified atom stereocenters. The van der Waals surface area contributed by atoms with E-state index >= 15 is 0 Å². The van der Waals surface area contributed by atoms with Gasteiger partial charge in [-0.05, 0) is 24.8 Å². The molecule has 126 valence electrons. The average molecular weight is 323 g/mol. The van der Waals surface area contributed by atoms with E-state index < -0.39 is 10.9 Å². The number of amides is 2. The summed E-state index contributed by atoms with van der Waals surface area (Å²) < 4.78 is 0. The highest BCUT2D eigenvalue weighted by atomic mass is 16.6. The molecule has 0 heterocycles. The van der Waals surface area contributed by atoms with Crippen molar-refractivity contribution in [3.8, 4) is 0 Å². The Hall–Kier alpha value is -2.64. The Morgan fingerprint density at radius 3 is 2.48 bits per heavy atom. The first kappa shape index (κ1) is 18.4. The number of aryl methyl sites for hydroxylation is 1. The van der Waals surface area contributed by atoms with Crippen LogP contribution >= 0.6 is 0 Å². The molecule has 0 bridgehead atoms. The largest absolute Gasteiger partial charge is 0.481 e. The second-order valence-corrected chi connectivity index (χ2v) is 5.18. The molecule has 0 aliphatic rings. The van der Waals surface area contributed by atoms with Crippen molar-refractivity contribution in [2.75, 3.05) is 20.1 Å². The van der Waals surface area contributed by atoms with Crippen molar-refractivity contribution in [2.45, 2.75) is 25.7 Å². The zero-order valence-electron chi connectivity index (χ0n) is 13.0. The summed E-state index contributed by atoms with van der Waals surface area (Å²) >= 11 is 0. The van der Waals surface area contributed by atoms with Crippen LogP contribution in [0.1, 0.15) is 24.8 Å². The molecule has 0 spiro atoms. The van der Waals surface area contributed by atoms with E-state index in [2.05, 4.69) is 5.32 Å². The number of nitro groups is 1. The fraction of sp³-hybridized carbons (Fsp3) is 0.467. The Morgan fingerprint density at radius 2 is 1.91 bits per heavy atom. The first-order valence-electron chi connectivity index (χ1n) is 7.34. The average Bonchev–Trinajstić information content (AvgIpc) is 2.52. The van der Waals surface area contributed by atoms with Crippen molar-refractivity contribution in [3.05, 3.63) is 39.9 Å². The SMILES string of the molecule is CN(CCC(=O)O)C(=O)NCCCCc1ccc([N+](=O)[O-])cc1. The quantitative estimate of drug-likeness (QED) is 0.410. The smallest absolute Gasteiger partial charge is 0.317 e. The number of aliphatic carboxylic acids is 1. The molecule has 8 nitrogen and oxygen atoms in total. The minimum absolute atomic E-state index is 0.0745. The third kappa shape index (κ3) is 7.25. The number of nitrogens with zero attached hydrogens (tertiary/aromatic N) is 2. The normalized spacial score (nSPS) is 10.1. The lowest BCUT2D eigenvalue weighted by molar-refractivity contribution is -0.384. The van der Waals surface area contributed by atoms with Gasteiger partial charge in [-0.3, -0.25) is 14.9 Å². The van der Waals surface area contributed by atoms with Crippen LogP contribution in [0, 0.1) is 10.1 Å². The molecule has 0 saturated carbocycles. The van der Waals surface area contributed by atoms with E-state index in [4.69, 9.17) is 5.11 Å². The number of non-ortho nitro benzene ring substituents is 1. The molecule has 2 amide bonds. The monoisotopic (exact) mass is 323 g/mol. The summed E-state index contributed by atoms with van der Waals surface area (Å²) in [6.45, 7) is 0.674. The molecule has 1 rings (SSSR count). The molecule has 0 aliphatic carbocycles. The number of hydrogen-bond donors (Lipinski definition) is 2. The van der Waals surface area contributed by atoms with Crippen molar-refractivity contribution < 1.29 is 19.6 Å². The maximum Gasteiger partial charge on any atom is 0.317 e. The van der Waals surface area contributed by atoms with Gasteiger partial charge in [0.05, 0.1) is 11.3 Å². The van der Waals surface area contributed by atoms with E-state index in [1.54, 1.807) is 19.2 Å². The van der Waals surface area contributed by atoms with Crippen LogP contribution in [0.4, 0.5) is 10.5 Å². The van der Waals surface area contributed by atoms with Crippen molar-refractivity contribution in [1.82, 2.24) is 10.2 Å². The molecule has 23 heavy (non-hydrogen) atoms. The van der Waals surface area contributed by atoms with Crippen LogP contribution in [0.15, 0.2) is 24.3 Å². The highest BCUT2D eigenvalue weighted by molar-refractivity contribution is 5.74. The highest BCUT2D eigenvalue weighted by Gasteiger charge is 2.09. The van der Waals surface area contributed by atoms with Gasteiger partial charge in [0.2, 0.25) is 0 Å². The van der Waals surface area contributed by atoms with Crippen LogP contribution in [0.5, 0.6) is 0 Å². The van der Waals surface area contributed by atoms with Gasteiger partial charge in [-0.15, -0.1) is 0 Å². The maximum atomic E-state index is 11.6. The number of carboxylic acid groups (broad SMARTS) is 1. The number of carboxylic acids is 1. The Labute approximate surface area is 134 Å². The number of benzene rings is 1. The molecular weight excluding hydrogens is 302 g/mol. The molecule has 0 aromatic heterocycles. The Kier molecular flexibility index (Phi) is 7.52. The topological polar surface area (TPSA) is 113 Å². The zero-order valence-corrected chi connectivity index (χ0v) is 13.0. The summed E-state index contributed by atoms with van der Waals surface area (Å²) in [5.41, 5.74) is 1.09. The van der Waals surface area contributed by atoms with Gasteiger partial charge in [-0.1, -0.05) is 12.1 Å². The number of hydrogen-bond acceptors (Lipinski definition) is 4. The molecular formula is C15H21N3O5. The molecule has 0 fully saturated rings. The van der Waals surface area contributed by atoms with Crippen LogP contribution in [0.3, 0.4) is 0 Å². The van der Waals surface area contributed by atoms with Crippen LogP contribution in [-0.4, -0.2) is 47.1 Å². The second kappa shape index (κ2) is 9.39. The predicted octanol–water partition coefficient (Wildman–Crippen LogP) is 2.03. The van der Waals surface area contributed by atoms with Gasteiger partial charge in [0, 0.05) is 32.3 Å². The highest BCUT2D eigenvalue weighted by Crippen LogP contribution is 2.13. The third-order valence-electron chi connectivity index (χ3n) is 3.32. The van der Waals surface area contributed by atoms with Crippen molar-refractivity contribution >= 4 is 17.7 Å². The summed E-state index contributed by atoms with van der Waals surface area (Å²) in [6.07, 6.45) is 2.32. The number of carbonyl (C=O) groups excluding carboxylic acids is 1. The molecule has 0 saturated heterocycles. The molecule has 0 atom stereocenters. The molecule has 8 heteroatoms. The van der Waals surface area contributed by atoms with Crippen LogP contribution in [-0.2, 0) is 11.2 Å².